The standard InChI is InChI=1S/C31H28ClN5O8/c1-2-30(43)21(15-44-31(27(39)40,28(41)42)14-17-8-4-3-5-9-17)45-26(23(30)38)37-16-33-22-24(35-29(32)36-25(22)37)34-20-13-12-18-10-6-7-11-19(18)20/h1,3-11,16,20-21,23,26,38,43H,12-15H2,(H,39,40)(H,41,42)(H,34,35,36)/t20-,21+,23-,26+,30+/m0/s1. The zero-order chi connectivity index (χ0) is 31.9. The number of terminal acetylenes is 1. The molecular weight excluding hydrogens is 606 g/mol. The quantitative estimate of drug-likeness (QED) is 0.0975. The van der Waals surface area contributed by atoms with Gasteiger partial charge in [-0.25, -0.2) is 14.6 Å². The van der Waals surface area contributed by atoms with Crippen LogP contribution in [0.4, 0.5) is 5.82 Å². The second-order valence-corrected chi connectivity index (χ2v) is 11.3. The van der Waals surface area contributed by atoms with E-state index in [2.05, 4.69) is 32.3 Å². The molecule has 4 aromatic rings. The predicted octanol–water partition coefficient (Wildman–Crippen LogP) is 2.37. The Hall–Kier alpha value is -4.58. The molecular formula is C31H28ClN5O8. The number of rotatable bonds is 10. The van der Waals surface area contributed by atoms with Crippen molar-refractivity contribution in [3.05, 3.63) is 82.9 Å². The molecule has 3 heterocycles. The maximum Gasteiger partial charge on any atom is 0.348 e. The van der Waals surface area contributed by atoms with Crippen LogP contribution in [0.25, 0.3) is 11.2 Å². The first-order valence-electron chi connectivity index (χ1n) is 14.0. The number of hydrogen-bond donors (Lipinski definition) is 5. The number of aliphatic carboxylic acids is 2. The van der Waals surface area contributed by atoms with Gasteiger partial charge in [0.15, 0.2) is 28.8 Å². The van der Waals surface area contributed by atoms with Crippen LogP contribution in [0.5, 0.6) is 0 Å². The van der Waals surface area contributed by atoms with E-state index >= 15 is 0 Å². The largest absolute Gasteiger partial charge is 0.479 e. The van der Waals surface area contributed by atoms with Crippen LogP contribution in [-0.4, -0.2) is 81.9 Å². The van der Waals surface area contributed by atoms with E-state index in [1.54, 1.807) is 30.3 Å². The number of fused-ring (bicyclic) bond motifs is 2. The van der Waals surface area contributed by atoms with Crippen molar-refractivity contribution in [3.63, 3.8) is 0 Å². The van der Waals surface area contributed by atoms with E-state index in [0.717, 1.165) is 18.4 Å². The van der Waals surface area contributed by atoms with Crippen LogP contribution < -0.4 is 5.32 Å². The Labute approximate surface area is 261 Å². The summed E-state index contributed by atoms with van der Waals surface area (Å²) in [4.78, 5) is 37.6. The van der Waals surface area contributed by atoms with Gasteiger partial charge in [0.1, 0.15) is 12.2 Å². The molecule has 45 heavy (non-hydrogen) atoms. The number of halogens is 1. The van der Waals surface area contributed by atoms with Crippen LogP contribution in [0, 0.1) is 12.3 Å². The highest BCUT2D eigenvalue weighted by atomic mass is 35.5. The first kappa shape index (κ1) is 30.4. The Morgan fingerprint density at radius 2 is 1.87 bits per heavy atom. The summed E-state index contributed by atoms with van der Waals surface area (Å²) in [6.45, 7) is -0.796. The monoisotopic (exact) mass is 633 g/mol. The van der Waals surface area contributed by atoms with Gasteiger partial charge in [0.25, 0.3) is 5.60 Å². The lowest BCUT2D eigenvalue weighted by molar-refractivity contribution is -0.191. The predicted molar refractivity (Wildman–Crippen MR) is 159 cm³/mol. The lowest BCUT2D eigenvalue weighted by atomic mass is 9.92. The van der Waals surface area contributed by atoms with Gasteiger partial charge in [0.05, 0.1) is 19.0 Å². The molecule has 2 aromatic heterocycles. The summed E-state index contributed by atoms with van der Waals surface area (Å²) in [6.07, 6.45) is 3.37. The summed E-state index contributed by atoms with van der Waals surface area (Å²) in [6, 6.07) is 16.0. The van der Waals surface area contributed by atoms with Crippen LogP contribution in [0.3, 0.4) is 0 Å². The summed E-state index contributed by atoms with van der Waals surface area (Å²) in [5.41, 5.74) is -1.97. The Kier molecular flexibility index (Phi) is 7.94. The molecule has 0 amide bonds. The normalized spacial score (nSPS) is 24.3. The molecule has 1 aliphatic heterocycles. The van der Waals surface area contributed by atoms with Crippen molar-refractivity contribution < 1.29 is 39.5 Å². The molecule has 2 aromatic carbocycles. The first-order chi connectivity index (χ1) is 21.6. The molecule has 2 aliphatic rings. The Morgan fingerprint density at radius 1 is 1.16 bits per heavy atom. The first-order valence-corrected chi connectivity index (χ1v) is 14.4. The second kappa shape index (κ2) is 11.7. The highest BCUT2D eigenvalue weighted by Gasteiger charge is 2.58. The number of aryl methyl sites for hydroxylation is 1. The van der Waals surface area contributed by atoms with Crippen LogP contribution in [-0.2, 0) is 31.9 Å². The molecule has 0 bridgehead atoms. The number of nitrogens with one attached hydrogen (secondary N) is 1. The molecule has 0 unspecified atom stereocenters. The molecule has 1 aliphatic carbocycles. The van der Waals surface area contributed by atoms with Gasteiger partial charge >= 0.3 is 11.9 Å². The van der Waals surface area contributed by atoms with Crippen molar-refractivity contribution in [2.45, 2.75) is 54.9 Å². The highest BCUT2D eigenvalue weighted by Crippen LogP contribution is 2.40. The number of hydrogen-bond acceptors (Lipinski definition) is 10. The third kappa shape index (κ3) is 5.26. The molecule has 0 spiro atoms. The van der Waals surface area contributed by atoms with Gasteiger partial charge in [-0.3, -0.25) is 4.57 Å². The molecule has 5 N–H and O–H groups in total. The van der Waals surface area contributed by atoms with Gasteiger partial charge in [-0.05, 0) is 41.1 Å². The number of anilines is 1. The van der Waals surface area contributed by atoms with Crippen LogP contribution in [0.15, 0.2) is 60.9 Å². The minimum Gasteiger partial charge on any atom is -0.479 e. The number of ether oxygens (including phenoxy) is 2. The third-order valence-corrected chi connectivity index (χ3v) is 8.50. The van der Waals surface area contributed by atoms with E-state index in [1.165, 1.54) is 16.5 Å². The number of aliphatic hydroxyl groups excluding tert-OH is 1. The van der Waals surface area contributed by atoms with Crippen molar-refractivity contribution in [1.29, 1.82) is 0 Å². The molecule has 1 saturated heterocycles. The number of carboxylic acid groups (broad SMARTS) is 2. The van der Waals surface area contributed by atoms with Crippen molar-refractivity contribution in [2.75, 3.05) is 11.9 Å². The van der Waals surface area contributed by atoms with Crippen LogP contribution in [0.2, 0.25) is 5.28 Å². The van der Waals surface area contributed by atoms with E-state index in [1.807, 2.05) is 18.2 Å². The number of benzene rings is 2. The fourth-order valence-corrected chi connectivity index (χ4v) is 6.05. The number of aliphatic hydroxyl groups is 2. The lowest BCUT2D eigenvalue weighted by Gasteiger charge is -2.30. The Bertz CT molecular complexity index is 1800. The van der Waals surface area contributed by atoms with Gasteiger partial charge < -0.3 is 35.2 Å². The maximum atomic E-state index is 12.3. The van der Waals surface area contributed by atoms with Gasteiger partial charge in [-0.15, -0.1) is 6.42 Å². The van der Waals surface area contributed by atoms with Crippen molar-refractivity contribution >= 4 is 40.5 Å². The number of carbonyl (C=O) groups is 2. The number of nitrogens with zero attached hydrogens (tertiary/aromatic N) is 4. The van der Waals surface area contributed by atoms with Gasteiger partial charge in [-0.2, -0.15) is 9.97 Å². The zero-order valence-electron chi connectivity index (χ0n) is 23.6. The fraction of sp³-hybridized carbons (Fsp3) is 0.323. The summed E-state index contributed by atoms with van der Waals surface area (Å²) < 4.78 is 12.8. The topological polar surface area (TPSA) is 189 Å². The molecule has 6 rings (SSSR count). The molecule has 1 fully saturated rings. The Balaban J connectivity index is 1.29. The second-order valence-electron chi connectivity index (χ2n) is 10.9. The van der Waals surface area contributed by atoms with Gasteiger partial charge in [0.2, 0.25) is 5.28 Å². The van der Waals surface area contributed by atoms with Crippen LogP contribution >= 0.6 is 11.6 Å². The summed E-state index contributed by atoms with van der Waals surface area (Å²) in [5, 5.41) is 45.7. The highest BCUT2D eigenvalue weighted by molar-refractivity contribution is 6.28. The molecule has 13 nitrogen and oxygen atoms in total. The number of carboxylic acids is 2. The van der Waals surface area contributed by atoms with E-state index < -0.39 is 54.6 Å². The third-order valence-electron chi connectivity index (χ3n) is 8.33. The van der Waals surface area contributed by atoms with Crippen molar-refractivity contribution in [3.8, 4) is 12.3 Å². The lowest BCUT2D eigenvalue weighted by Crippen LogP contribution is -2.55. The molecule has 14 heteroatoms. The van der Waals surface area contributed by atoms with Crippen molar-refractivity contribution in [2.24, 2.45) is 0 Å². The van der Waals surface area contributed by atoms with E-state index in [-0.39, 0.29) is 17.0 Å². The zero-order valence-corrected chi connectivity index (χ0v) is 24.3. The Morgan fingerprint density at radius 3 is 2.58 bits per heavy atom. The van der Waals surface area contributed by atoms with Gasteiger partial charge in [0, 0.05) is 6.42 Å². The fourth-order valence-electron chi connectivity index (χ4n) is 5.88. The summed E-state index contributed by atoms with van der Waals surface area (Å²) in [7, 11) is 0. The SMILES string of the molecule is C#C[C@@]1(O)[C@@H](COC(Cc2ccccc2)(C(=O)O)C(=O)O)O[C@@H](n2cnc3c(N[C@H]4CCc5ccccc54)nc(Cl)nc32)[C@@H]1O. The molecule has 0 saturated carbocycles. The minimum absolute atomic E-state index is 0.0541. The van der Waals surface area contributed by atoms with E-state index in [9.17, 15) is 30.0 Å². The average Bonchev–Trinajstić information content (AvgIpc) is 3.70. The molecule has 232 valence electrons. The van der Waals surface area contributed by atoms with E-state index in [0.29, 0.717) is 16.9 Å². The van der Waals surface area contributed by atoms with E-state index in [4.69, 9.17) is 27.5 Å². The van der Waals surface area contributed by atoms with Crippen molar-refractivity contribution in [1.82, 2.24) is 19.5 Å². The molecule has 0 radical (unpaired) electrons. The summed E-state index contributed by atoms with van der Waals surface area (Å²) in [5.74, 6) is -1.09. The minimum atomic E-state index is -2.74. The summed E-state index contributed by atoms with van der Waals surface area (Å²) >= 11 is 6.30. The number of imidazole rings is 1. The smallest absolute Gasteiger partial charge is 0.348 e. The average molecular weight is 634 g/mol. The van der Waals surface area contributed by atoms with Gasteiger partial charge in [-0.1, -0.05) is 60.5 Å². The number of aromatic nitrogens is 4. The van der Waals surface area contributed by atoms with Crippen LogP contribution in [0.1, 0.15) is 35.4 Å². The molecule has 5 atom stereocenters. The maximum absolute atomic E-state index is 12.3.